The van der Waals surface area contributed by atoms with Gasteiger partial charge in [0, 0.05) is 18.6 Å². The first-order valence-electron chi connectivity index (χ1n) is 3.45. The number of benzene rings is 1. The second kappa shape index (κ2) is 2.12. The molecule has 2 aromatic rings. The normalized spacial score (nSPS) is 10.6. The number of nitrogens with zero attached hydrogens (tertiary/aromatic N) is 2. The predicted octanol–water partition coefficient (Wildman–Crippen LogP) is 0.367. The van der Waals surface area contributed by atoms with Crippen LogP contribution in [0.4, 0.5) is 0 Å². The van der Waals surface area contributed by atoms with Crippen LogP contribution in [0.1, 0.15) is 0 Å². The van der Waals surface area contributed by atoms with E-state index in [-0.39, 0.29) is 0 Å². The van der Waals surface area contributed by atoms with E-state index in [4.69, 9.17) is 7.85 Å². The minimum absolute atomic E-state index is 0.739. The van der Waals surface area contributed by atoms with E-state index in [0.29, 0.717) is 0 Å². The highest BCUT2D eigenvalue weighted by atomic mass is 15.2. The monoisotopic (exact) mass is 142 g/mol. The van der Waals surface area contributed by atoms with Crippen LogP contribution in [-0.4, -0.2) is 17.6 Å². The van der Waals surface area contributed by atoms with E-state index in [1.165, 1.54) is 0 Å². The minimum atomic E-state index is 0.739. The quantitative estimate of drug-likeness (QED) is 0.485. The molecule has 0 bridgehead atoms. The van der Waals surface area contributed by atoms with Gasteiger partial charge in [0.15, 0.2) is 0 Å². The van der Waals surface area contributed by atoms with Crippen LogP contribution in [0.3, 0.4) is 0 Å². The lowest BCUT2D eigenvalue weighted by molar-refractivity contribution is 0.780. The summed E-state index contributed by atoms with van der Waals surface area (Å²) in [6.07, 6.45) is 1.95. The van der Waals surface area contributed by atoms with E-state index in [1.54, 1.807) is 4.68 Å². The molecule has 11 heavy (non-hydrogen) atoms. The third-order valence-electron chi connectivity index (χ3n) is 1.68. The summed E-state index contributed by atoms with van der Waals surface area (Å²) in [5, 5.41) is 5.29. The Balaban J connectivity index is 2.90. The van der Waals surface area contributed by atoms with Crippen LogP contribution < -0.4 is 5.46 Å². The number of rotatable bonds is 0. The van der Waals surface area contributed by atoms with Crippen LogP contribution in [0, 0.1) is 0 Å². The SMILES string of the molecule is [B]c1cccc2cn(C)nc12. The zero-order valence-corrected chi connectivity index (χ0v) is 6.28. The molecule has 0 fully saturated rings. The Labute approximate surface area is 66.2 Å². The van der Waals surface area contributed by atoms with Crippen molar-refractivity contribution in [3.63, 3.8) is 0 Å². The van der Waals surface area contributed by atoms with Crippen molar-refractivity contribution in [2.45, 2.75) is 0 Å². The van der Waals surface area contributed by atoms with Gasteiger partial charge in [-0.25, -0.2) is 0 Å². The van der Waals surface area contributed by atoms with Crippen LogP contribution in [0.2, 0.25) is 0 Å². The molecular formula is C8H7BN2. The molecule has 0 saturated carbocycles. The minimum Gasteiger partial charge on any atom is -0.275 e. The summed E-state index contributed by atoms with van der Waals surface area (Å²) in [5.74, 6) is 0. The third kappa shape index (κ3) is 0.927. The van der Waals surface area contributed by atoms with Crippen molar-refractivity contribution in [3.8, 4) is 0 Å². The molecule has 52 valence electrons. The number of fused-ring (bicyclic) bond motifs is 1. The smallest absolute Gasteiger partial charge is 0.116 e. The van der Waals surface area contributed by atoms with Gasteiger partial charge in [0.1, 0.15) is 7.85 Å². The Morgan fingerprint density at radius 1 is 1.45 bits per heavy atom. The summed E-state index contributed by atoms with van der Waals surface area (Å²) in [6, 6.07) is 5.79. The fourth-order valence-electron chi connectivity index (χ4n) is 1.19. The Morgan fingerprint density at radius 2 is 2.27 bits per heavy atom. The molecule has 0 atom stereocenters. The van der Waals surface area contributed by atoms with Crippen molar-refractivity contribution in [1.29, 1.82) is 0 Å². The van der Waals surface area contributed by atoms with E-state index >= 15 is 0 Å². The lowest BCUT2D eigenvalue weighted by Gasteiger charge is -1.90. The molecule has 3 heteroatoms. The fourth-order valence-corrected chi connectivity index (χ4v) is 1.19. The van der Waals surface area contributed by atoms with E-state index in [0.717, 1.165) is 16.4 Å². The summed E-state index contributed by atoms with van der Waals surface area (Å²) in [7, 11) is 7.58. The molecule has 0 unspecified atom stereocenters. The lowest BCUT2D eigenvalue weighted by Crippen LogP contribution is -2.03. The average Bonchev–Trinajstić information content (AvgIpc) is 2.31. The Morgan fingerprint density at radius 3 is 3.00 bits per heavy atom. The highest BCUT2D eigenvalue weighted by Crippen LogP contribution is 2.06. The number of aryl methyl sites for hydroxylation is 1. The van der Waals surface area contributed by atoms with Gasteiger partial charge in [0.2, 0.25) is 0 Å². The fraction of sp³-hybridized carbons (Fsp3) is 0.125. The molecular weight excluding hydrogens is 135 g/mol. The zero-order valence-electron chi connectivity index (χ0n) is 6.28. The Bertz CT molecular complexity index is 392. The summed E-state index contributed by atoms with van der Waals surface area (Å²) >= 11 is 0. The van der Waals surface area contributed by atoms with Crippen LogP contribution in [-0.2, 0) is 7.05 Å². The molecule has 1 aromatic heterocycles. The number of aromatic nitrogens is 2. The standard InChI is InChI=1S/C8H7BN2/c1-11-5-6-3-2-4-7(9)8(6)10-11/h2-5H,1H3. The predicted molar refractivity (Wildman–Crippen MR) is 46.1 cm³/mol. The van der Waals surface area contributed by atoms with Crippen LogP contribution in [0.5, 0.6) is 0 Å². The average molecular weight is 142 g/mol. The van der Waals surface area contributed by atoms with Gasteiger partial charge in [-0.1, -0.05) is 23.7 Å². The van der Waals surface area contributed by atoms with Crippen molar-refractivity contribution in [2.75, 3.05) is 0 Å². The van der Waals surface area contributed by atoms with Crippen molar-refractivity contribution >= 4 is 24.2 Å². The molecule has 1 heterocycles. The Kier molecular flexibility index (Phi) is 1.25. The van der Waals surface area contributed by atoms with Crippen molar-refractivity contribution in [2.24, 2.45) is 7.05 Å². The van der Waals surface area contributed by atoms with Gasteiger partial charge in [0.05, 0.1) is 5.52 Å². The van der Waals surface area contributed by atoms with E-state index in [9.17, 15) is 0 Å². The van der Waals surface area contributed by atoms with Crippen LogP contribution >= 0.6 is 0 Å². The summed E-state index contributed by atoms with van der Waals surface area (Å²) < 4.78 is 1.76. The molecule has 0 N–H and O–H groups in total. The van der Waals surface area contributed by atoms with Gasteiger partial charge in [0.25, 0.3) is 0 Å². The molecule has 2 rings (SSSR count). The molecule has 2 radical (unpaired) electrons. The van der Waals surface area contributed by atoms with Gasteiger partial charge in [-0.05, 0) is 0 Å². The van der Waals surface area contributed by atoms with E-state index < -0.39 is 0 Å². The van der Waals surface area contributed by atoms with Gasteiger partial charge in [-0.15, -0.1) is 0 Å². The zero-order chi connectivity index (χ0) is 7.84. The van der Waals surface area contributed by atoms with E-state index in [1.807, 2.05) is 31.4 Å². The summed E-state index contributed by atoms with van der Waals surface area (Å²) in [4.78, 5) is 0. The van der Waals surface area contributed by atoms with Crippen LogP contribution in [0.15, 0.2) is 24.4 Å². The second-order valence-corrected chi connectivity index (χ2v) is 2.59. The maximum absolute atomic E-state index is 5.69. The number of hydrogen-bond donors (Lipinski definition) is 0. The van der Waals surface area contributed by atoms with Crippen molar-refractivity contribution in [1.82, 2.24) is 9.78 Å². The summed E-state index contributed by atoms with van der Waals surface area (Å²) in [5.41, 5.74) is 1.62. The van der Waals surface area contributed by atoms with Gasteiger partial charge in [-0.3, -0.25) is 4.68 Å². The molecule has 0 aliphatic heterocycles. The van der Waals surface area contributed by atoms with Crippen molar-refractivity contribution in [3.05, 3.63) is 24.4 Å². The first-order chi connectivity index (χ1) is 5.27. The molecule has 0 amide bonds. The largest absolute Gasteiger partial charge is 0.275 e. The maximum atomic E-state index is 5.69. The topological polar surface area (TPSA) is 17.8 Å². The Hall–Kier alpha value is -1.25. The summed E-state index contributed by atoms with van der Waals surface area (Å²) in [6.45, 7) is 0. The molecule has 0 aliphatic rings. The van der Waals surface area contributed by atoms with Gasteiger partial charge >= 0.3 is 0 Å². The van der Waals surface area contributed by atoms with Gasteiger partial charge in [-0.2, -0.15) is 5.10 Å². The molecule has 0 aliphatic carbocycles. The molecule has 0 spiro atoms. The molecule has 0 saturated heterocycles. The lowest BCUT2D eigenvalue weighted by atomic mass is 9.94. The highest BCUT2D eigenvalue weighted by molar-refractivity contribution is 6.38. The maximum Gasteiger partial charge on any atom is 0.116 e. The second-order valence-electron chi connectivity index (χ2n) is 2.59. The van der Waals surface area contributed by atoms with Gasteiger partial charge < -0.3 is 0 Å². The van der Waals surface area contributed by atoms with E-state index in [2.05, 4.69) is 5.10 Å². The first-order valence-corrected chi connectivity index (χ1v) is 3.45. The number of hydrogen-bond acceptors (Lipinski definition) is 1. The molecule has 2 nitrogen and oxygen atoms in total. The third-order valence-corrected chi connectivity index (χ3v) is 1.68. The molecule has 1 aromatic carbocycles. The highest BCUT2D eigenvalue weighted by Gasteiger charge is 1.98. The van der Waals surface area contributed by atoms with Crippen LogP contribution in [0.25, 0.3) is 10.9 Å². The van der Waals surface area contributed by atoms with Crippen molar-refractivity contribution < 1.29 is 0 Å². The first kappa shape index (κ1) is 6.46.